The maximum atomic E-state index is 13.7. The quantitative estimate of drug-likeness (QED) is 0.375. The van der Waals surface area contributed by atoms with Crippen molar-refractivity contribution < 1.29 is 34.9 Å². The van der Waals surface area contributed by atoms with E-state index in [2.05, 4.69) is 10.2 Å². The van der Waals surface area contributed by atoms with E-state index in [0.717, 1.165) is 36.6 Å². The summed E-state index contributed by atoms with van der Waals surface area (Å²) >= 11 is 1.05. The molecular weight excluding hydrogens is 577 g/mol. The molecule has 0 aliphatic carbocycles. The minimum atomic E-state index is -4.18. The fraction of sp³-hybridized carbons (Fsp3) is 0.500. The van der Waals surface area contributed by atoms with Gasteiger partial charge in [0.25, 0.3) is 15.9 Å². The number of hydrogen-bond donors (Lipinski definition) is 2. The van der Waals surface area contributed by atoms with Gasteiger partial charge in [0.15, 0.2) is 0 Å². The molecule has 1 aromatic heterocycles. The third-order valence-electron chi connectivity index (χ3n) is 5.37. The van der Waals surface area contributed by atoms with Gasteiger partial charge in [-0.15, -0.1) is 11.3 Å². The summed E-state index contributed by atoms with van der Waals surface area (Å²) in [6.45, 7) is 3.74. The lowest BCUT2D eigenvalue weighted by atomic mass is 10.2. The number of hydrogen-bond acceptors (Lipinski definition) is 9. The lowest BCUT2D eigenvalue weighted by Crippen LogP contribution is -2.62. The third-order valence-corrected chi connectivity index (χ3v) is 11.5. The number of nitrogens with zero attached hydrogens (tertiary/aromatic N) is 2. The van der Waals surface area contributed by atoms with Gasteiger partial charge in [0, 0.05) is 31.1 Å². The fourth-order valence-corrected chi connectivity index (χ4v) is 8.54. The highest BCUT2D eigenvalue weighted by Gasteiger charge is 2.44. The van der Waals surface area contributed by atoms with E-state index in [9.17, 15) is 30.0 Å². The highest BCUT2D eigenvalue weighted by atomic mass is 32.2. The van der Waals surface area contributed by atoms with Crippen LogP contribution >= 0.6 is 11.3 Å². The monoisotopic (exact) mass is 608 g/mol. The predicted octanol–water partition coefficient (Wildman–Crippen LogP) is 0.815. The summed E-state index contributed by atoms with van der Waals surface area (Å²) in [6, 6.07) is 10.9. The summed E-state index contributed by atoms with van der Waals surface area (Å²) in [5.74, 6) is -1.37. The lowest BCUT2D eigenvalue weighted by molar-refractivity contribution is -0.150. The summed E-state index contributed by atoms with van der Waals surface area (Å²) in [6.07, 6.45) is 0.909. The van der Waals surface area contributed by atoms with E-state index in [1.807, 2.05) is 30.3 Å². The average molecular weight is 609 g/mol. The van der Waals surface area contributed by atoms with Crippen molar-refractivity contribution in [1.29, 1.82) is 0 Å². The molecule has 3 rings (SSSR count). The van der Waals surface area contributed by atoms with Crippen molar-refractivity contribution in [2.24, 2.45) is 0 Å². The molecule has 1 saturated heterocycles. The van der Waals surface area contributed by atoms with Crippen molar-refractivity contribution in [1.82, 2.24) is 18.8 Å². The van der Waals surface area contributed by atoms with E-state index in [1.54, 1.807) is 26.8 Å². The van der Waals surface area contributed by atoms with E-state index in [0.29, 0.717) is 0 Å². The summed E-state index contributed by atoms with van der Waals surface area (Å²) in [5, 5.41) is 0. The number of thiophene rings is 1. The van der Waals surface area contributed by atoms with Crippen LogP contribution in [0.2, 0.25) is 0 Å². The minimum absolute atomic E-state index is 0.0135. The zero-order chi connectivity index (χ0) is 28.4. The van der Waals surface area contributed by atoms with Gasteiger partial charge in [-0.1, -0.05) is 30.3 Å². The zero-order valence-corrected chi connectivity index (χ0v) is 24.7. The molecule has 1 aromatic carbocycles. The summed E-state index contributed by atoms with van der Waals surface area (Å²) in [7, 11) is -11.8. The first kappa shape index (κ1) is 30.6. The van der Waals surface area contributed by atoms with Crippen LogP contribution in [0.1, 0.15) is 20.8 Å². The molecule has 1 aliphatic heterocycles. The first-order chi connectivity index (χ1) is 17.5. The number of nitrogens with one attached hydrogen (secondary N) is 2. The van der Waals surface area contributed by atoms with E-state index >= 15 is 0 Å². The van der Waals surface area contributed by atoms with Crippen molar-refractivity contribution in [3.05, 3.63) is 42.5 Å². The van der Waals surface area contributed by atoms with Gasteiger partial charge in [-0.2, -0.15) is 8.61 Å². The van der Waals surface area contributed by atoms with E-state index in [1.165, 1.54) is 6.07 Å². The Morgan fingerprint density at radius 2 is 1.68 bits per heavy atom. The van der Waals surface area contributed by atoms with Crippen molar-refractivity contribution in [3.8, 4) is 10.4 Å². The highest BCUT2D eigenvalue weighted by Crippen LogP contribution is 2.33. The Labute approximate surface area is 228 Å². The normalized spacial score (nSPS) is 18.4. The molecule has 2 heterocycles. The first-order valence-corrected chi connectivity index (χ1v) is 17.3. The first-order valence-electron chi connectivity index (χ1n) is 11.6. The smallest absolute Gasteiger partial charge is 0.263 e. The van der Waals surface area contributed by atoms with Crippen LogP contribution in [0, 0.1) is 0 Å². The molecule has 38 heavy (non-hydrogen) atoms. The molecule has 16 heteroatoms. The Kier molecular flexibility index (Phi) is 9.41. The molecule has 2 N–H and O–H groups in total. The van der Waals surface area contributed by atoms with Gasteiger partial charge in [0.1, 0.15) is 10.3 Å². The van der Waals surface area contributed by atoms with Crippen LogP contribution in [-0.4, -0.2) is 89.6 Å². The molecule has 0 bridgehead atoms. The van der Waals surface area contributed by atoms with Crippen LogP contribution in [-0.2, 0) is 39.7 Å². The number of carbonyl (C=O) groups is 1. The van der Waals surface area contributed by atoms with Gasteiger partial charge < -0.3 is 0 Å². The minimum Gasteiger partial charge on any atom is -0.271 e. The van der Waals surface area contributed by atoms with Gasteiger partial charge >= 0.3 is 0 Å². The van der Waals surface area contributed by atoms with Gasteiger partial charge in [0.2, 0.25) is 20.0 Å². The maximum absolute atomic E-state index is 13.7. The second kappa shape index (κ2) is 11.7. The van der Waals surface area contributed by atoms with Crippen LogP contribution in [0.25, 0.3) is 10.4 Å². The molecule has 1 fully saturated rings. The van der Waals surface area contributed by atoms with Crippen molar-refractivity contribution in [2.45, 2.75) is 36.6 Å². The highest BCUT2D eigenvalue weighted by molar-refractivity contribution is 7.91. The van der Waals surface area contributed by atoms with E-state index < -0.39 is 59.9 Å². The molecule has 0 radical (unpaired) electrons. The summed E-state index contributed by atoms with van der Waals surface area (Å²) in [5.41, 5.74) is 2.31. The second-order valence-electron chi connectivity index (χ2n) is 9.64. The Morgan fingerprint density at radius 1 is 1.03 bits per heavy atom. The van der Waals surface area contributed by atoms with E-state index in [-0.39, 0.29) is 23.8 Å². The SMILES string of the molecule is CC(C)(C)ONC(=O)[C@H]1CN(S(=O)(=O)CCNS(C)(=O)=O)CCN1S(=O)(=O)c1ccc(-c2ccccc2)s1. The maximum Gasteiger partial charge on any atom is 0.263 e. The predicted molar refractivity (Wildman–Crippen MR) is 145 cm³/mol. The van der Waals surface area contributed by atoms with Crippen molar-refractivity contribution in [2.75, 3.05) is 38.2 Å². The molecule has 0 saturated carbocycles. The number of sulfonamides is 3. The second-order valence-corrected chi connectivity index (χ2v) is 16.8. The Hall–Kier alpha value is -1.92. The van der Waals surface area contributed by atoms with Crippen LogP contribution in [0.3, 0.4) is 0 Å². The fourth-order valence-electron chi connectivity index (χ4n) is 3.58. The molecule has 2 aromatic rings. The summed E-state index contributed by atoms with van der Waals surface area (Å²) < 4.78 is 79.9. The van der Waals surface area contributed by atoms with Gasteiger partial charge in [0.05, 0.1) is 17.6 Å². The molecule has 1 aliphatic rings. The van der Waals surface area contributed by atoms with Crippen LogP contribution in [0.4, 0.5) is 0 Å². The zero-order valence-electron chi connectivity index (χ0n) is 21.4. The largest absolute Gasteiger partial charge is 0.271 e. The molecule has 0 spiro atoms. The third kappa shape index (κ3) is 8.05. The topological polar surface area (TPSA) is 159 Å². The average Bonchev–Trinajstić information content (AvgIpc) is 3.33. The van der Waals surface area contributed by atoms with Gasteiger partial charge in [-0.3, -0.25) is 9.63 Å². The number of benzene rings is 1. The lowest BCUT2D eigenvalue weighted by Gasteiger charge is -2.38. The standard InChI is InChI=1S/C22H32N4O8S4/c1-22(2,3)34-24-21(27)18-16-25(37(30,31)15-12-23-36(4,28)29)13-14-26(18)38(32,33)20-11-10-19(35-20)17-8-6-5-7-9-17/h5-11,18,23H,12-16H2,1-4H3,(H,24,27)/t18-/m1/s1. The van der Waals surface area contributed by atoms with Crippen molar-refractivity contribution in [3.63, 3.8) is 0 Å². The molecular formula is C22H32N4O8S4. The molecule has 12 nitrogen and oxygen atoms in total. The van der Waals surface area contributed by atoms with Gasteiger partial charge in [-0.05, 0) is 38.5 Å². The number of hydroxylamine groups is 1. The molecule has 1 amide bonds. The number of carbonyl (C=O) groups excluding carboxylic acids is 1. The molecule has 1 atom stereocenters. The van der Waals surface area contributed by atoms with E-state index in [4.69, 9.17) is 4.84 Å². The van der Waals surface area contributed by atoms with Crippen molar-refractivity contribution >= 4 is 47.3 Å². The number of amides is 1. The summed E-state index contributed by atoms with van der Waals surface area (Å²) in [4.78, 5) is 19.2. The molecule has 212 valence electrons. The van der Waals surface area contributed by atoms with Crippen LogP contribution in [0.5, 0.6) is 0 Å². The number of rotatable bonds is 10. The number of piperazine rings is 1. The van der Waals surface area contributed by atoms with Crippen LogP contribution < -0.4 is 10.2 Å². The van der Waals surface area contributed by atoms with Crippen LogP contribution in [0.15, 0.2) is 46.7 Å². The van der Waals surface area contributed by atoms with Gasteiger partial charge in [-0.25, -0.2) is 35.5 Å². The Balaban J connectivity index is 1.87. The Morgan fingerprint density at radius 3 is 2.29 bits per heavy atom. The Bertz CT molecular complexity index is 1450. The molecule has 0 unspecified atom stereocenters.